The van der Waals surface area contributed by atoms with Crippen LogP contribution in [0.15, 0.2) is 4.99 Å². The standard InChI is InChI=1S/C16H30N4O.HI/c1-13-7-6-10-20(11-13)15(17)18-12-16(8-4-5-9-16)14(21)19(2)3;/h13H,4-12H2,1-3H3,(H2,17,18);1H. The van der Waals surface area contributed by atoms with Gasteiger partial charge in [0.1, 0.15) is 0 Å². The van der Waals surface area contributed by atoms with Crippen LogP contribution in [0.25, 0.3) is 0 Å². The largest absolute Gasteiger partial charge is 0.370 e. The summed E-state index contributed by atoms with van der Waals surface area (Å²) in [5, 5.41) is 0. The molecule has 128 valence electrons. The van der Waals surface area contributed by atoms with Crippen LogP contribution in [-0.4, -0.2) is 55.4 Å². The molecular formula is C16H31IN4O. The van der Waals surface area contributed by atoms with E-state index < -0.39 is 0 Å². The van der Waals surface area contributed by atoms with Crippen LogP contribution < -0.4 is 5.73 Å². The van der Waals surface area contributed by atoms with Crippen LogP contribution in [0.2, 0.25) is 0 Å². The zero-order valence-electron chi connectivity index (χ0n) is 14.2. The summed E-state index contributed by atoms with van der Waals surface area (Å²) in [5.74, 6) is 1.51. The number of nitrogens with two attached hydrogens (primary N) is 1. The molecule has 1 aliphatic carbocycles. The van der Waals surface area contributed by atoms with Gasteiger partial charge in [-0.3, -0.25) is 9.79 Å². The van der Waals surface area contributed by atoms with Crippen molar-refractivity contribution in [2.24, 2.45) is 22.1 Å². The molecule has 0 aromatic rings. The van der Waals surface area contributed by atoms with Crippen LogP contribution in [0, 0.1) is 11.3 Å². The summed E-state index contributed by atoms with van der Waals surface area (Å²) in [5.41, 5.74) is 5.86. The van der Waals surface area contributed by atoms with Gasteiger partial charge in [-0.05, 0) is 31.6 Å². The van der Waals surface area contributed by atoms with Crippen molar-refractivity contribution in [1.82, 2.24) is 9.80 Å². The third-order valence-corrected chi connectivity index (χ3v) is 4.95. The highest BCUT2D eigenvalue weighted by Crippen LogP contribution is 2.39. The fourth-order valence-electron chi connectivity index (χ4n) is 3.70. The van der Waals surface area contributed by atoms with E-state index in [0.717, 1.165) is 38.8 Å². The second kappa shape index (κ2) is 8.36. The van der Waals surface area contributed by atoms with Gasteiger partial charge in [0.05, 0.1) is 12.0 Å². The van der Waals surface area contributed by atoms with Crippen LogP contribution in [-0.2, 0) is 4.79 Å². The number of amides is 1. The molecule has 0 aromatic heterocycles. The van der Waals surface area contributed by atoms with Gasteiger partial charge in [-0.15, -0.1) is 24.0 Å². The molecule has 1 heterocycles. The van der Waals surface area contributed by atoms with Crippen molar-refractivity contribution < 1.29 is 4.79 Å². The summed E-state index contributed by atoms with van der Waals surface area (Å²) in [4.78, 5) is 21.0. The molecule has 1 aliphatic heterocycles. The zero-order chi connectivity index (χ0) is 15.5. The van der Waals surface area contributed by atoms with Gasteiger partial charge in [0.15, 0.2) is 5.96 Å². The lowest BCUT2D eigenvalue weighted by Gasteiger charge is -2.33. The van der Waals surface area contributed by atoms with Gasteiger partial charge in [0.25, 0.3) is 0 Å². The molecule has 0 spiro atoms. The Hall–Kier alpha value is -0.530. The fourth-order valence-corrected chi connectivity index (χ4v) is 3.70. The Bertz CT molecular complexity index is 405. The summed E-state index contributed by atoms with van der Waals surface area (Å²) in [6, 6.07) is 0. The van der Waals surface area contributed by atoms with Crippen molar-refractivity contribution in [1.29, 1.82) is 0 Å². The van der Waals surface area contributed by atoms with E-state index in [2.05, 4.69) is 16.8 Å². The molecule has 1 atom stereocenters. The van der Waals surface area contributed by atoms with E-state index in [1.165, 1.54) is 12.8 Å². The lowest BCUT2D eigenvalue weighted by atomic mass is 9.85. The first kappa shape index (κ1) is 19.5. The van der Waals surface area contributed by atoms with Crippen molar-refractivity contribution >= 4 is 35.8 Å². The molecule has 1 amide bonds. The van der Waals surface area contributed by atoms with Crippen molar-refractivity contribution in [2.45, 2.75) is 45.4 Å². The maximum atomic E-state index is 12.5. The average Bonchev–Trinajstić information content (AvgIpc) is 2.94. The molecule has 2 rings (SSSR count). The maximum Gasteiger partial charge on any atom is 0.230 e. The Morgan fingerprint density at radius 1 is 1.32 bits per heavy atom. The molecular weight excluding hydrogens is 391 g/mol. The van der Waals surface area contributed by atoms with E-state index in [1.807, 2.05) is 14.1 Å². The lowest BCUT2D eigenvalue weighted by molar-refractivity contribution is -0.138. The van der Waals surface area contributed by atoms with Crippen LogP contribution in [0.4, 0.5) is 0 Å². The molecule has 0 bridgehead atoms. The molecule has 0 aromatic carbocycles. The highest BCUT2D eigenvalue weighted by atomic mass is 127. The summed E-state index contributed by atoms with van der Waals surface area (Å²) in [6.45, 7) is 4.78. The van der Waals surface area contributed by atoms with Crippen LogP contribution >= 0.6 is 24.0 Å². The molecule has 22 heavy (non-hydrogen) atoms. The van der Waals surface area contributed by atoms with Gasteiger partial charge in [-0.25, -0.2) is 0 Å². The fraction of sp³-hybridized carbons (Fsp3) is 0.875. The normalized spacial score (nSPS) is 24.8. The van der Waals surface area contributed by atoms with Crippen LogP contribution in [0.3, 0.4) is 0 Å². The van der Waals surface area contributed by atoms with E-state index in [9.17, 15) is 4.79 Å². The predicted molar refractivity (Wildman–Crippen MR) is 101 cm³/mol. The molecule has 2 N–H and O–H groups in total. The minimum absolute atomic E-state index is 0. The summed E-state index contributed by atoms with van der Waals surface area (Å²) >= 11 is 0. The maximum absolute atomic E-state index is 12.5. The summed E-state index contributed by atoms with van der Waals surface area (Å²) < 4.78 is 0. The third-order valence-electron chi connectivity index (χ3n) is 4.95. The number of carbonyl (C=O) groups is 1. The monoisotopic (exact) mass is 422 g/mol. The number of rotatable bonds is 3. The van der Waals surface area contributed by atoms with E-state index in [0.29, 0.717) is 18.4 Å². The molecule has 2 fully saturated rings. The number of halogens is 1. The Morgan fingerprint density at radius 2 is 1.95 bits per heavy atom. The predicted octanol–water partition coefficient (Wildman–Crippen LogP) is 2.30. The highest BCUT2D eigenvalue weighted by Gasteiger charge is 2.42. The second-order valence-corrected chi connectivity index (χ2v) is 7.05. The number of carbonyl (C=O) groups excluding carboxylic acids is 1. The average molecular weight is 422 g/mol. The SMILES string of the molecule is CC1CCCN(C(N)=NCC2(C(=O)N(C)C)CCCC2)C1.I. The number of guanidine groups is 1. The first-order valence-electron chi connectivity index (χ1n) is 8.21. The molecule has 5 nitrogen and oxygen atoms in total. The molecule has 6 heteroatoms. The Kier molecular flexibility index (Phi) is 7.41. The Balaban J connectivity index is 0.00000242. The number of hydrogen-bond donors (Lipinski definition) is 1. The van der Waals surface area contributed by atoms with Gasteiger partial charge in [0, 0.05) is 27.2 Å². The number of nitrogens with zero attached hydrogens (tertiary/aromatic N) is 3. The number of aliphatic imine (C=N–C) groups is 1. The van der Waals surface area contributed by atoms with Crippen LogP contribution in [0.5, 0.6) is 0 Å². The van der Waals surface area contributed by atoms with E-state index >= 15 is 0 Å². The molecule has 0 radical (unpaired) electrons. The molecule has 1 unspecified atom stereocenters. The van der Waals surface area contributed by atoms with Gasteiger partial charge in [-0.2, -0.15) is 0 Å². The number of likely N-dealkylation sites (tertiary alicyclic amines) is 1. The van der Waals surface area contributed by atoms with Crippen molar-refractivity contribution in [2.75, 3.05) is 33.7 Å². The molecule has 1 saturated heterocycles. The van der Waals surface area contributed by atoms with Gasteiger partial charge < -0.3 is 15.5 Å². The van der Waals surface area contributed by atoms with E-state index in [1.54, 1.807) is 4.90 Å². The van der Waals surface area contributed by atoms with Crippen LogP contribution in [0.1, 0.15) is 45.4 Å². The Labute approximate surface area is 151 Å². The lowest BCUT2D eigenvalue weighted by Crippen LogP contribution is -2.45. The van der Waals surface area contributed by atoms with E-state index in [-0.39, 0.29) is 35.3 Å². The molecule has 1 saturated carbocycles. The highest BCUT2D eigenvalue weighted by molar-refractivity contribution is 14.0. The van der Waals surface area contributed by atoms with E-state index in [4.69, 9.17) is 5.73 Å². The number of piperidine rings is 1. The minimum atomic E-state index is -0.310. The Morgan fingerprint density at radius 3 is 2.50 bits per heavy atom. The molecule has 2 aliphatic rings. The van der Waals surface area contributed by atoms with Gasteiger partial charge >= 0.3 is 0 Å². The summed E-state index contributed by atoms with van der Waals surface area (Å²) in [6.07, 6.45) is 6.58. The van der Waals surface area contributed by atoms with Gasteiger partial charge in [-0.1, -0.05) is 19.8 Å². The third kappa shape index (κ3) is 4.49. The zero-order valence-corrected chi connectivity index (χ0v) is 16.5. The van der Waals surface area contributed by atoms with Crippen molar-refractivity contribution in [3.8, 4) is 0 Å². The minimum Gasteiger partial charge on any atom is -0.370 e. The second-order valence-electron chi connectivity index (χ2n) is 7.05. The van der Waals surface area contributed by atoms with Gasteiger partial charge in [0.2, 0.25) is 5.91 Å². The topological polar surface area (TPSA) is 61.9 Å². The smallest absolute Gasteiger partial charge is 0.230 e. The first-order valence-corrected chi connectivity index (χ1v) is 8.21. The quantitative estimate of drug-likeness (QED) is 0.431. The summed E-state index contributed by atoms with van der Waals surface area (Å²) in [7, 11) is 3.67. The van der Waals surface area contributed by atoms with Crippen molar-refractivity contribution in [3.05, 3.63) is 0 Å². The first-order chi connectivity index (χ1) is 9.94. The number of hydrogen-bond acceptors (Lipinski definition) is 2. The van der Waals surface area contributed by atoms with Crippen molar-refractivity contribution in [3.63, 3.8) is 0 Å².